The number of pyridine rings is 1. The van der Waals surface area contributed by atoms with E-state index in [0.717, 1.165) is 43.1 Å². The molecule has 0 saturated carbocycles. The van der Waals surface area contributed by atoms with Crippen molar-refractivity contribution in [3.63, 3.8) is 0 Å². The van der Waals surface area contributed by atoms with Crippen LogP contribution >= 0.6 is 0 Å². The number of rotatable bonds is 2. The van der Waals surface area contributed by atoms with Crippen molar-refractivity contribution < 1.29 is 5.21 Å². The summed E-state index contributed by atoms with van der Waals surface area (Å²) in [7, 11) is 2.14. The number of likely N-dealkylation sites (N-methyl/N-ethyl adjacent to an activating group) is 1. The Morgan fingerprint density at radius 1 is 1.35 bits per heavy atom. The molecule has 17 heavy (non-hydrogen) atoms. The maximum atomic E-state index is 8.52. The number of anilines is 1. The van der Waals surface area contributed by atoms with Crippen LogP contribution in [0, 0.1) is 6.92 Å². The molecule has 1 aliphatic rings. The fourth-order valence-corrected chi connectivity index (χ4v) is 1.96. The first-order chi connectivity index (χ1) is 8.20. The summed E-state index contributed by atoms with van der Waals surface area (Å²) in [5, 5.41) is 11.6. The number of hydrogen-bond acceptors (Lipinski definition) is 5. The van der Waals surface area contributed by atoms with Crippen LogP contribution < -0.4 is 4.90 Å². The van der Waals surface area contributed by atoms with Gasteiger partial charge in [-0.2, -0.15) is 0 Å². The number of aromatic nitrogens is 1. The van der Waals surface area contributed by atoms with Crippen molar-refractivity contribution in [2.24, 2.45) is 5.16 Å². The predicted molar refractivity (Wildman–Crippen MR) is 68.1 cm³/mol. The molecule has 1 aliphatic heterocycles. The molecule has 2 rings (SSSR count). The van der Waals surface area contributed by atoms with Crippen molar-refractivity contribution in [2.75, 3.05) is 38.1 Å². The van der Waals surface area contributed by atoms with Gasteiger partial charge in [0.1, 0.15) is 5.82 Å². The summed E-state index contributed by atoms with van der Waals surface area (Å²) < 4.78 is 0. The zero-order valence-corrected chi connectivity index (χ0v) is 10.3. The topological polar surface area (TPSA) is 52.0 Å². The van der Waals surface area contributed by atoms with Gasteiger partial charge in [0, 0.05) is 37.9 Å². The number of oxime groups is 1. The molecule has 0 radical (unpaired) electrons. The van der Waals surface area contributed by atoms with Crippen molar-refractivity contribution in [3.8, 4) is 0 Å². The number of nitrogens with zero attached hydrogens (tertiary/aromatic N) is 4. The fraction of sp³-hybridized carbons (Fsp3) is 0.500. The van der Waals surface area contributed by atoms with E-state index in [0.29, 0.717) is 0 Å². The highest BCUT2D eigenvalue weighted by molar-refractivity contribution is 5.81. The summed E-state index contributed by atoms with van der Waals surface area (Å²) in [5.41, 5.74) is 1.93. The highest BCUT2D eigenvalue weighted by Gasteiger charge is 2.15. The van der Waals surface area contributed by atoms with Gasteiger partial charge in [-0.25, -0.2) is 4.98 Å². The molecular formula is C12H18N4O. The van der Waals surface area contributed by atoms with Gasteiger partial charge in [-0.1, -0.05) is 5.16 Å². The Bertz CT molecular complexity index is 411. The van der Waals surface area contributed by atoms with Crippen LogP contribution in [0.2, 0.25) is 0 Å². The Labute approximate surface area is 101 Å². The highest BCUT2D eigenvalue weighted by atomic mass is 16.4. The lowest BCUT2D eigenvalue weighted by atomic mass is 10.1. The standard InChI is InChI=1S/C12H18N4O/c1-10-7-12(13-8-11(10)9-14-17)16-5-3-15(2)4-6-16/h7-9,17H,3-6H2,1-2H3/b14-9+. The van der Waals surface area contributed by atoms with Gasteiger partial charge in [0.05, 0.1) is 6.21 Å². The Balaban J connectivity index is 2.14. The lowest BCUT2D eigenvalue weighted by Crippen LogP contribution is -2.44. The molecule has 0 unspecified atom stereocenters. The van der Waals surface area contributed by atoms with E-state index in [1.54, 1.807) is 6.20 Å². The molecule has 1 fully saturated rings. The summed E-state index contributed by atoms with van der Waals surface area (Å²) in [5.74, 6) is 1.01. The van der Waals surface area contributed by atoms with Crippen molar-refractivity contribution >= 4 is 12.0 Å². The molecule has 2 heterocycles. The molecule has 92 valence electrons. The van der Waals surface area contributed by atoms with Crippen molar-refractivity contribution in [3.05, 3.63) is 23.4 Å². The summed E-state index contributed by atoms with van der Waals surface area (Å²) in [4.78, 5) is 9.01. The Morgan fingerprint density at radius 2 is 2.06 bits per heavy atom. The maximum Gasteiger partial charge on any atom is 0.128 e. The normalized spacial score (nSPS) is 17.9. The van der Waals surface area contributed by atoms with Crippen molar-refractivity contribution in [1.82, 2.24) is 9.88 Å². The second-order valence-corrected chi connectivity index (χ2v) is 4.43. The van der Waals surface area contributed by atoms with Crippen LogP contribution in [0.15, 0.2) is 17.4 Å². The SMILES string of the molecule is Cc1cc(N2CCN(C)CC2)ncc1/C=N/O. The quantitative estimate of drug-likeness (QED) is 0.470. The third-order valence-electron chi connectivity index (χ3n) is 3.16. The average Bonchev–Trinajstić information content (AvgIpc) is 2.33. The van der Waals surface area contributed by atoms with Gasteiger partial charge in [0.15, 0.2) is 0 Å². The minimum atomic E-state index is 0.852. The second kappa shape index (κ2) is 5.14. The molecule has 1 aromatic heterocycles. The van der Waals surface area contributed by atoms with Crippen LogP contribution in [0.3, 0.4) is 0 Å². The minimum absolute atomic E-state index is 0.852. The van der Waals surface area contributed by atoms with Gasteiger partial charge in [-0.3, -0.25) is 0 Å². The molecule has 5 nitrogen and oxygen atoms in total. The van der Waals surface area contributed by atoms with E-state index in [1.165, 1.54) is 6.21 Å². The molecule has 0 bridgehead atoms. The van der Waals surface area contributed by atoms with Gasteiger partial charge in [0.25, 0.3) is 0 Å². The van der Waals surface area contributed by atoms with Gasteiger partial charge in [-0.05, 0) is 25.6 Å². The van der Waals surface area contributed by atoms with E-state index >= 15 is 0 Å². The summed E-state index contributed by atoms with van der Waals surface area (Å²) >= 11 is 0. The van der Waals surface area contributed by atoms with E-state index in [1.807, 2.05) is 13.0 Å². The molecular weight excluding hydrogens is 216 g/mol. The lowest BCUT2D eigenvalue weighted by molar-refractivity contribution is 0.312. The highest BCUT2D eigenvalue weighted by Crippen LogP contribution is 2.16. The summed E-state index contributed by atoms with van der Waals surface area (Å²) in [6.45, 7) is 6.16. The van der Waals surface area contributed by atoms with E-state index in [-0.39, 0.29) is 0 Å². The second-order valence-electron chi connectivity index (χ2n) is 4.43. The number of piperazine rings is 1. The molecule has 1 aromatic rings. The van der Waals surface area contributed by atoms with Crippen LogP contribution in [0.1, 0.15) is 11.1 Å². The molecule has 0 amide bonds. The maximum absolute atomic E-state index is 8.52. The van der Waals surface area contributed by atoms with E-state index in [2.05, 4.69) is 27.0 Å². The first kappa shape index (κ1) is 11.9. The zero-order valence-electron chi connectivity index (χ0n) is 10.3. The first-order valence-electron chi connectivity index (χ1n) is 5.78. The average molecular weight is 234 g/mol. The fourth-order valence-electron chi connectivity index (χ4n) is 1.96. The largest absolute Gasteiger partial charge is 0.411 e. The van der Waals surface area contributed by atoms with Crippen molar-refractivity contribution in [2.45, 2.75) is 6.92 Å². The van der Waals surface area contributed by atoms with Gasteiger partial charge >= 0.3 is 0 Å². The van der Waals surface area contributed by atoms with Crippen LogP contribution in [0.4, 0.5) is 5.82 Å². The minimum Gasteiger partial charge on any atom is -0.411 e. The monoisotopic (exact) mass is 234 g/mol. The Morgan fingerprint density at radius 3 is 2.65 bits per heavy atom. The molecule has 1 saturated heterocycles. The third kappa shape index (κ3) is 2.74. The third-order valence-corrected chi connectivity index (χ3v) is 3.16. The molecule has 0 spiro atoms. The van der Waals surface area contributed by atoms with E-state index in [9.17, 15) is 0 Å². The van der Waals surface area contributed by atoms with Crippen molar-refractivity contribution in [1.29, 1.82) is 0 Å². The van der Waals surface area contributed by atoms with Crippen LogP contribution in [0.25, 0.3) is 0 Å². The van der Waals surface area contributed by atoms with E-state index < -0.39 is 0 Å². The zero-order chi connectivity index (χ0) is 12.3. The predicted octanol–water partition coefficient (Wildman–Crippen LogP) is 0.950. The lowest BCUT2D eigenvalue weighted by Gasteiger charge is -2.33. The Hall–Kier alpha value is -1.62. The van der Waals surface area contributed by atoms with Gasteiger partial charge in [-0.15, -0.1) is 0 Å². The van der Waals surface area contributed by atoms with E-state index in [4.69, 9.17) is 5.21 Å². The molecule has 0 aliphatic carbocycles. The first-order valence-corrected chi connectivity index (χ1v) is 5.78. The molecule has 1 N–H and O–H groups in total. The smallest absolute Gasteiger partial charge is 0.128 e. The van der Waals surface area contributed by atoms with Crippen LogP contribution in [-0.2, 0) is 0 Å². The summed E-state index contributed by atoms with van der Waals surface area (Å²) in [6, 6.07) is 2.04. The number of hydrogen-bond donors (Lipinski definition) is 1. The molecule has 0 atom stereocenters. The summed E-state index contributed by atoms with van der Waals surface area (Å²) in [6.07, 6.45) is 3.17. The van der Waals surface area contributed by atoms with Crippen LogP contribution in [-0.4, -0.2) is 54.5 Å². The van der Waals surface area contributed by atoms with Gasteiger partial charge in [0.2, 0.25) is 0 Å². The van der Waals surface area contributed by atoms with Crippen LogP contribution in [0.5, 0.6) is 0 Å². The Kier molecular flexibility index (Phi) is 3.58. The molecule has 5 heteroatoms. The van der Waals surface area contributed by atoms with Gasteiger partial charge < -0.3 is 15.0 Å². The number of aryl methyl sites for hydroxylation is 1. The molecule has 0 aromatic carbocycles.